The number of ketones is 1. The van der Waals surface area contributed by atoms with Crippen molar-refractivity contribution < 1.29 is 18.7 Å². The summed E-state index contributed by atoms with van der Waals surface area (Å²) < 4.78 is 24.8. The van der Waals surface area contributed by atoms with Gasteiger partial charge in [0.2, 0.25) is 12.6 Å². The molecule has 0 spiro atoms. The predicted octanol–water partition coefficient (Wildman–Crippen LogP) is 4.11. The van der Waals surface area contributed by atoms with Crippen LogP contribution in [0, 0.1) is 17.1 Å². The fourth-order valence-corrected chi connectivity index (χ4v) is 2.50. The number of benzene rings is 2. The molecule has 0 atom stereocenters. The molecule has 1 heterocycles. The van der Waals surface area contributed by atoms with Crippen LogP contribution < -0.4 is 9.47 Å². The summed E-state index contributed by atoms with van der Waals surface area (Å²) in [6.07, 6.45) is 1.23. The van der Waals surface area contributed by atoms with Gasteiger partial charge in [0.05, 0.1) is 0 Å². The van der Waals surface area contributed by atoms with Gasteiger partial charge in [-0.1, -0.05) is 15.9 Å². The first kappa shape index (κ1) is 15.3. The van der Waals surface area contributed by atoms with E-state index in [2.05, 4.69) is 15.9 Å². The lowest BCUT2D eigenvalue weighted by molar-refractivity contribution is 0.103. The highest BCUT2D eigenvalue weighted by molar-refractivity contribution is 9.10. The number of rotatable bonds is 3. The van der Waals surface area contributed by atoms with Gasteiger partial charge in [0, 0.05) is 15.6 Å². The first-order valence-corrected chi connectivity index (χ1v) is 7.39. The maximum Gasteiger partial charge on any atom is 0.231 e. The van der Waals surface area contributed by atoms with Crippen LogP contribution in [-0.2, 0) is 0 Å². The Hall–Kier alpha value is -2.65. The summed E-state index contributed by atoms with van der Waals surface area (Å²) in [5.74, 6) is -0.0338. The van der Waals surface area contributed by atoms with E-state index in [0.717, 1.165) is 0 Å². The van der Waals surface area contributed by atoms with Crippen molar-refractivity contribution in [3.05, 3.63) is 63.4 Å². The summed E-state index contributed by atoms with van der Waals surface area (Å²) in [5.41, 5.74) is 0.267. The van der Waals surface area contributed by atoms with E-state index in [9.17, 15) is 14.4 Å². The fourth-order valence-electron chi connectivity index (χ4n) is 2.12. The van der Waals surface area contributed by atoms with Crippen molar-refractivity contribution in [2.24, 2.45) is 0 Å². The van der Waals surface area contributed by atoms with E-state index >= 15 is 0 Å². The standard InChI is InChI=1S/C17H9BrFNO3/c18-13-2-3-14(19)11(6-13)5-12(8-20)17(21)10-1-4-15-16(7-10)23-9-22-15/h1-7H,9H2. The lowest BCUT2D eigenvalue weighted by atomic mass is 10.0. The van der Waals surface area contributed by atoms with Gasteiger partial charge in [-0.25, -0.2) is 4.39 Å². The molecule has 6 heteroatoms. The van der Waals surface area contributed by atoms with Crippen molar-refractivity contribution in [2.75, 3.05) is 6.79 Å². The molecule has 2 aromatic carbocycles. The first-order valence-electron chi connectivity index (χ1n) is 6.59. The zero-order chi connectivity index (χ0) is 16.4. The SMILES string of the molecule is N#CC(=Cc1cc(Br)ccc1F)C(=O)c1ccc2c(c1)OCO2. The Morgan fingerprint density at radius 1 is 1.22 bits per heavy atom. The predicted molar refractivity (Wildman–Crippen MR) is 84.6 cm³/mol. The minimum absolute atomic E-state index is 0.0944. The molecule has 0 unspecified atom stereocenters. The van der Waals surface area contributed by atoms with Crippen LogP contribution in [-0.4, -0.2) is 12.6 Å². The highest BCUT2D eigenvalue weighted by Crippen LogP contribution is 2.33. The third-order valence-electron chi connectivity index (χ3n) is 3.26. The number of carbonyl (C=O) groups is 1. The quantitative estimate of drug-likeness (QED) is 0.461. The zero-order valence-electron chi connectivity index (χ0n) is 11.7. The summed E-state index contributed by atoms with van der Waals surface area (Å²) in [7, 11) is 0. The van der Waals surface area contributed by atoms with Crippen molar-refractivity contribution in [1.82, 2.24) is 0 Å². The molecule has 23 heavy (non-hydrogen) atoms. The molecule has 2 aromatic rings. The van der Waals surface area contributed by atoms with E-state index in [1.807, 2.05) is 6.07 Å². The number of nitriles is 1. The van der Waals surface area contributed by atoms with Gasteiger partial charge in [0.1, 0.15) is 17.5 Å². The number of carbonyl (C=O) groups excluding carboxylic acids is 1. The molecule has 1 aliphatic rings. The third kappa shape index (κ3) is 3.10. The Balaban J connectivity index is 1.97. The number of nitrogens with zero attached hydrogens (tertiary/aromatic N) is 1. The van der Waals surface area contributed by atoms with E-state index in [4.69, 9.17) is 9.47 Å². The van der Waals surface area contributed by atoms with E-state index in [0.29, 0.717) is 16.0 Å². The fraction of sp³-hybridized carbons (Fsp3) is 0.0588. The lowest BCUT2D eigenvalue weighted by Gasteiger charge is -2.03. The Morgan fingerprint density at radius 2 is 2.00 bits per heavy atom. The summed E-state index contributed by atoms with van der Waals surface area (Å²) in [6, 6.07) is 10.8. The van der Waals surface area contributed by atoms with Crippen LogP contribution in [0.15, 0.2) is 46.4 Å². The molecule has 0 radical (unpaired) electrons. The van der Waals surface area contributed by atoms with Crippen LogP contribution >= 0.6 is 15.9 Å². The summed E-state index contributed by atoms with van der Waals surface area (Å²) >= 11 is 3.23. The van der Waals surface area contributed by atoms with Crippen LogP contribution in [0.5, 0.6) is 11.5 Å². The van der Waals surface area contributed by atoms with E-state index < -0.39 is 11.6 Å². The van der Waals surface area contributed by atoms with Gasteiger partial charge in [-0.05, 0) is 42.5 Å². The third-order valence-corrected chi connectivity index (χ3v) is 3.75. The van der Waals surface area contributed by atoms with Crippen LogP contribution in [0.3, 0.4) is 0 Å². The Morgan fingerprint density at radius 3 is 2.78 bits per heavy atom. The van der Waals surface area contributed by atoms with Gasteiger partial charge in [-0.15, -0.1) is 0 Å². The molecule has 114 valence electrons. The molecule has 0 saturated carbocycles. The van der Waals surface area contributed by atoms with Gasteiger partial charge in [-0.3, -0.25) is 4.79 Å². The normalized spacial score (nSPS) is 12.8. The second-order valence-corrected chi connectivity index (χ2v) is 5.65. The highest BCUT2D eigenvalue weighted by atomic mass is 79.9. The highest BCUT2D eigenvalue weighted by Gasteiger charge is 2.19. The average molecular weight is 374 g/mol. The molecule has 0 bridgehead atoms. The molecule has 0 saturated heterocycles. The topological polar surface area (TPSA) is 59.3 Å². The monoisotopic (exact) mass is 373 g/mol. The molecular weight excluding hydrogens is 365 g/mol. The Kier molecular flexibility index (Phi) is 4.13. The van der Waals surface area contributed by atoms with E-state index in [1.165, 1.54) is 30.3 Å². The van der Waals surface area contributed by atoms with Crippen molar-refractivity contribution in [3.63, 3.8) is 0 Å². The molecule has 1 aliphatic heterocycles. The molecule has 0 amide bonds. The second kappa shape index (κ2) is 6.23. The van der Waals surface area contributed by atoms with Gasteiger partial charge >= 0.3 is 0 Å². The minimum Gasteiger partial charge on any atom is -0.454 e. The molecule has 3 rings (SSSR count). The summed E-state index contributed by atoms with van der Waals surface area (Å²) in [6.45, 7) is 0.0944. The van der Waals surface area contributed by atoms with Crippen molar-refractivity contribution >= 4 is 27.8 Å². The number of hydrogen-bond acceptors (Lipinski definition) is 4. The Bertz CT molecular complexity index is 871. The van der Waals surface area contributed by atoms with E-state index in [-0.39, 0.29) is 23.5 Å². The van der Waals surface area contributed by atoms with Gasteiger partial charge in [-0.2, -0.15) is 5.26 Å². The largest absolute Gasteiger partial charge is 0.454 e. The molecular formula is C17H9BrFNO3. The van der Waals surface area contributed by atoms with E-state index in [1.54, 1.807) is 12.1 Å². The summed E-state index contributed by atoms with van der Waals surface area (Å²) in [5, 5.41) is 9.24. The number of halogens is 2. The van der Waals surface area contributed by atoms with Crippen LogP contribution in [0.4, 0.5) is 4.39 Å². The first-order chi connectivity index (χ1) is 11.1. The second-order valence-electron chi connectivity index (χ2n) is 4.73. The van der Waals surface area contributed by atoms with Crippen LogP contribution in [0.1, 0.15) is 15.9 Å². The number of ether oxygens (including phenoxy) is 2. The van der Waals surface area contributed by atoms with Crippen molar-refractivity contribution in [2.45, 2.75) is 0 Å². The molecule has 0 fully saturated rings. The maximum absolute atomic E-state index is 13.8. The van der Waals surface area contributed by atoms with Gasteiger partial charge in [0.25, 0.3) is 0 Å². The van der Waals surface area contributed by atoms with Crippen LogP contribution in [0.25, 0.3) is 6.08 Å². The van der Waals surface area contributed by atoms with Gasteiger partial charge in [0.15, 0.2) is 11.5 Å². The number of hydrogen-bond donors (Lipinski definition) is 0. The number of fused-ring (bicyclic) bond motifs is 1. The van der Waals surface area contributed by atoms with Crippen molar-refractivity contribution in [3.8, 4) is 17.6 Å². The van der Waals surface area contributed by atoms with Crippen LogP contribution in [0.2, 0.25) is 0 Å². The number of allylic oxidation sites excluding steroid dienone is 1. The average Bonchev–Trinajstić information content (AvgIpc) is 3.02. The zero-order valence-corrected chi connectivity index (χ0v) is 13.3. The molecule has 0 aromatic heterocycles. The summed E-state index contributed by atoms with van der Waals surface area (Å²) in [4.78, 5) is 12.5. The van der Waals surface area contributed by atoms with Gasteiger partial charge < -0.3 is 9.47 Å². The minimum atomic E-state index is -0.514. The smallest absolute Gasteiger partial charge is 0.231 e. The Labute approximate surface area is 139 Å². The molecule has 0 N–H and O–H groups in total. The number of Topliss-reactive ketones (excluding diaryl/α,β-unsaturated/α-hetero) is 1. The van der Waals surface area contributed by atoms with Crippen molar-refractivity contribution in [1.29, 1.82) is 5.26 Å². The molecule has 4 nitrogen and oxygen atoms in total. The maximum atomic E-state index is 13.8. The lowest BCUT2D eigenvalue weighted by Crippen LogP contribution is -2.02. The molecule has 0 aliphatic carbocycles.